The van der Waals surface area contributed by atoms with Crippen LogP contribution in [-0.2, 0) is 9.53 Å². The lowest BCUT2D eigenvalue weighted by Gasteiger charge is -2.07. The van der Waals surface area contributed by atoms with Crippen LogP contribution in [0.25, 0.3) is 0 Å². The van der Waals surface area contributed by atoms with E-state index in [-0.39, 0.29) is 13.2 Å². The van der Waals surface area contributed by atoms with Gasteiger partial charge in [0.1, 0.15) is 12.7 Å². The second-order valence-electron chi connectivity index (χ2n) is 2.24. The minimum Gasteiger partial charge on any atom is -0.460 e. The molecule has 0 aromatic rings. The number of aliphatic hydroxyl groups is 1. The monoisotopic (exact) mass is 158 g/mol. The van der Waals surface area contributed by atoms with Gasteiger partial charge in [-0.3, -0.25) is 5.73 Å². The Bertz CT molecular complexity index is 156. The summed E-state index contributed by atoms with van der Waals surface area (Å²) in [4.78, 5) is 10.7. The molecule has 4 heteroatoms. The number of esters is 1. The first kappa shape index (κ1) is 10.1. The lowest BCUT2D eigenvalue weighted by Crippen LogP contribution is -2.22. The largest absolute Gasteiger partial charge is 0.460 e. The van der Waals surface area contributed by atoms with Crippen molar-refractivity contribution in [2.45, 2.75) is 13.0 Å². The number of nitrogens with one attached hydrogen (secondary N) is 1. The van der Waals surface area contributed by atoms with E-state index in [9.17, 15) is 4.79 Å². The quantitative estimate of drug-likeness (QED) is 0.453. The van der Waals surface area contributed by atoms with Crippen molar-refractivity contribution in [1.29, 1.82) is 0 Å². The highest BCUT2D eigenvalue weighted by Gasteiger charge is 2.06. The second-order valence-corrected chi connectivity index (χ2v) is 2.24. The number of aliphatic hydroxyl groups excluding tert-OH is 1. The normalized spacial score (nSPS) is 12.3. The van der Waals surface area contributed by atoms with Crippen LogP contribution in [0.4, 0.5) is 0 Å². The molecule has 0 heterocycles. The minimum absolute atomic E-state index is 0.130. The number of hydrogen-bond acceptors (Lipinski definition) is 3. The molecule has 0 rings (SSSR count). The Hall–Kier alpha value is -0.870. The van der Waals surface area contributed by atoms with Gasteiger partial charge in [-0.05, 0) is 6.92 Å². The summed E-state index contributed by atoms with van der Waals surface area (Å²) in [6, 6.07) is 0. The third-order valence-electron chi connectivity index (χ3n) is 0.991. The Kier molecular flexibility index (Phi) is 4.49. The van der Waals surface area contributed by atoms with Gasteiger partial charge in [-0.1, -0.05) is 6.58 Å². The molecule has 2 N–H and O–H groups in total. The lowest BCUT2D eigenvalue weighted by molar-refractivity contribution is -0.141. The molecule has 63 valence electrons. The average Bonchev–Trinajstić information content (AvgIpc) is 1.99. The first-order valence-corrected chi connectivity index (χ1v) is 3.23. The van der Waals surface area contributed by atoms with Crippen molar-refractivity contribution in [3.63, 3.8) is 0 Å². The Morgan fingerprint density at radius 3 is 2.73 bits per heavy atom. The highest BCUT2D eigenvalue weighted by Crippen LogP contribution is 1.92. The van der Waals surface area contributed by atoms with Gasteiger partial charge >= 0.3 is 5.97 Å². The minimum atomic E-state index is -0.890. The zero-order valence-electron chi connectivity index (χ0n) is 6.46. The molecule has 0 amide bonds. The van der Waals surface area contributed by atoms with Crippen LogP contribution in [-0.4, -0.2) is 30.3 Å². The van der Waals surface area contributed by atoms with Gasteiger partial charge in [0.25, 0.3) is 0 Å². The van der Waals surface area contributed by atoms with Gasteiger partial charge in [-0.25, -0.2) is 4.79 Å². The predicted molar refractivity (Wildman–Crippen MR) is 39.7 cm³/mol. The first-order valence-electron chi connectivity index (χ1n) is 3.23. The molecular weight excluding hydrogens is 146 g/mol. The Morgan fingerprint density at radius 2 is 2.36 bits per heavy atom. The Labute approximate surface area is 65.6 Å². The van der Waals surface area contributed by atoms with Crippen LogP contribution in [0.5, 0.6) is 0 Å². The smallest absolute Gasteiger partial charge is 0.333 e. The van der Waals surface area contributed by atoms with E-state index >= 15 is 0 Å². The number of hydrogen-bond donors (Lipinski definition) is 1. The third-order valence-corrected chi connectivity index (χ3v) is 0.991. The van der Waals surface area contributed by atoms with E-state index in [0.717, 1.165) is 0 Å². The molecule has 0 aliphatic rings. The molecule has 1 unspecified atom stereocenters. The molecule has 0 saturated carbocycles. The number of rotatable bonds is 4. The van der Waals surface area contributed by atoms with E-state index in [0.29, 0.717) is 5.57 Å². The molecule has 1 radical (unpaired) electrons. The molecule has 0 spiro atoms. The maximum absolute atomic E-state index is 10.7. The Balaban J connectivity index is 3.54. The summed E-state index contributed by atoms with van der Waals surface area (Å²) in [5, 5.41) is 8.79. The topological polar surface area (TPSA) is 70.3 Å². The van der Waals surface area contributed by atoms with E-state index in [1.807, 2.05) is 0 Å². The van der Waals surface area contributed by atoms with Crippen LogP contribution in [0.3, 0.4) is 0 Å². The highest BCUT2D eigenvalue weighted by atomic mass is 16.5. The SMILES string of the molecule is C=C(C)C(=O)OCC(O)C[NH]. The molecule has 4 nitrogen and oxygen atoms in total. The van der Waals surface area contributed by atoms with Crippen LogP contribution in [0.15, 0.2) is 12.2 Å². The standard InChI is InChI=1S/C7H12NO3/c1-5(2)7(10)11-4-6(9)3-8/h6,8-9H,1,3-4H2,2H3. The van der Waals surface area contributed by atoms with Crippen LogP contribution < -0.4 is 5.73 Å². The van der Waals surface area contributed by atoms with Crippen molar-refractivity contribution in [3.05, 3.63) is 12.2 Å². The van der Waals surface area contributed by atoms with Gasteiger partial charge < -0.3 is 9.84 Å². The van der Waals surface area contributed by atoms with Crippen molar-refractivity contribution < 1.29 is 14.6 Å². The van der Waals surface area contributed by atoms with Gasteiger partial charge in [0, 0.05) is 12.1 Å². The fourth-order valence-electron chi connectivity index (χ4n) is 0.354. The third kappa shape index (κ3) is 4.52. The molecule has 0 aliphatic heterocycles. The van der Waals surface area contributed by atoms with E-state index < -0.39 is 12.1 Å². The van der Waals surface area contributed by atoms with Gasteiger partial charge in [0.15, 0.2) is 0 Å². The Morgan fingerprint density at radius 1 is 1.82 bits per heavy atom. The van der Waals surface area contributed by atoms with Gasteiger partial charge in [0.05, 0.1) is 0 Å². The van der Waals surface area contributed by atoms with Crippen LogP contribution in [0, 0.1) is 0 Å². The molecule has 0 aromatic carbocycles. The summed E-state index contributed by atoms with van der Waals surface area (Å²) in [5.41, 5.74) is 6.99. The van der Waals surface area contributed by atoms with Crippen LogP contribution >= 0.6 is 0 Å². The maximum atomic E-state index is 10.7. The summed E-state index contributed by atoms with van der Waals surface area (Å²) >= 11 is 0. The van der Waals surface area contributed by atoms with Crippen molar-refractivity contribution in [2.75, 3.05) is 13.2 Å². The maximum Gasteiger partial charge on any atom is 0.333 e. The van der Waals surface area contributed by atoms with E-state index in [1.165, 1.54) is 6.92 Å². The van der Waals surface area contributed by atoms with Crippen LogP contribution in [0.2, 0.25) is 0 Å². The fourth-order valence-corrected chi connectivity index (χ4v) is 0.354. The summed E-state index contributed by atoms with van der Waals surface area (Å²) in [7, 11) is 0. The molecule has 0 saturated heterocycles. The average molecular weight is 158 g/mol. The molecule has 0 fully saturated rings. The van der Waals surface area contributed by atoms with E-state index in [2.05, 4.69) is 11.3 Å². The molecule has 11 heavy (non-hydrogen) atoms. The predicted octanol–water partition coefficient (Wildman–Crippen LogP) is -0.251. The second kappa shape index (κ2) is 4.87. The molecule has 0 aliphatic carbocycles. The summed E-state index contributed by atoms with van der Waals surface area (Å²) in [6.45, 7) is 4.59. The summed E-state index contributed by atoms with van der Waals surface area (Å²) in [5.74, 6) is -0.530. The zero-order chi connectivity index (χ0) is 8.85. The highest BCUT2D eigenvalue weighted by molar-refractivity contribution is 5.86. The van der Waals surface area contributed by atoms with Crippen molar-refractivity contribution in [3.8, 4) is 0 Å². The fraction of sp³-hybridized carbons (Fsp3) is 0.571. The molecule has 0 bridgehead atoms. The van der Waals surface area contributed by atoms with Crippen molar-refractivity contribution >= 4 is 5.97 Å². The molecular formula is C7H12NO3. The van der Waals surface area contributed by atoms with E-state index in [4.69, 9.17) is 10.8 Å². The van der Waals surface area contributed by atoms with E-state index in [1.54, 1.807) is 0 Å². The van der Waals surface area contributed by atoms with Gasteiger partial charge in [-0.15, -0.1) is 0 Å². The number of ether oxygens (including phenoxy) is 1. The van der Waals surface area contributed by atoms with Crippen LogP contribution in [0.1, 0.15) is 6.92 Å². The first-order chi connectivity index (χ1) is 5.07. The van der Waals surface area contributed by atoms with Crippen molar-refractivity contribution in [2.24, 2.45) is 0 Å². The molecule has 1 atom stereocenters. The molecule has 0 aromatic heterocycles. The van der Waals surface area contributed by atoms with Crippen molar-refractivity contribution in [1.82, 2.24) is 5.73 Å². The summed E-state index contributed by atoms with van der Waals surface area (Å²) < 4.78 is 4.55. The summed E-state index contributed by atoms with van der Waals surface area (Å²) in [6.07, 6.45) is -0.890. The lowest BCUT2D eigenvalue weighted by atomic mass is 10.3. The van der Waals surface area contributed by atoms with Gasteiger partial charge in [0.2, 0.25) is 0 Å². The zero-order valence-corrected chi connectivity index (χ0v) is 6.46. The number of carbonyl (C=O) groups is 1. The number of carbonyl (C=O) groups excluding carboxylic acids is 1. The van der Waals surface area contributed by atoms with Gasteiger partial charge in [-0.2, -0.15) is 0 Å².